The topological polar surface area (TPSA) is 65.0 Å². The third-order valence-electron chi connectivity index (χ3n) is 2.99. The molecule has 0 radical (unpaired) electrons. The molecule has 0 aliphatic carbocycles. The van der Waals surface area contributed by atoms with Crippen molar-refractivity contribution in [2.24, 2.45) is 0 Å². The van der Waals surface area contributed by atoms with E-state index in [-0.39, 0.29) is 29.6 Å². The standard InChI is InChI=1S/C14H27BrO5/c1-14(2,18-3)7-9-19-10-11-20-13(17)12(15)6-4-5-8-16/h12,16H,4-11H2,1-3H3. The van der Waals surface area contributed by atoms with Crippen LogP contribution in [-0.4, -0.2) is 55.0 Å². The Hall–Kier alpha value is -0.170. The van der Waals surface area contributed by atoms with E-state index >= 15 is 0 Å². The molecule has 120 valence electrons. The number of halogens is 1. The Morgan fingerprint density at radius 1 is 1.25 bits per heavy atom. The van der Waals surface area contributed by atoms with Crippen LogP contribution >= 0.6 is 15.9 Å². The van der Waals surface area contributed by atoms with Crippen molar-refractivity contribution in [2.45, 2.75) is 50.0 Å². The quantitative estimate of drug-likeness (QED) is 0.331. The number of carbonyl (C=O) groups is 1. The fourth-order valence-electron chi connectivity index (χ4n) is 1.37. The molecule has 0 aromatic rings. The Labute approximate surface area is 130 Å². The summed E-state index contributed by atoms with van der Waals surface area (Å²) in [5.41, 5.74) is -0.190. The fourth-order valence-corrected chi connectivity index (χ4v) is 1.82. The minimum atomic E-state index is -0.304. The molecule has 0 amide bonds. The summed E-state index contributed by atoms with van der Waals surface area (Å²) in [6.07, 6.45) is 2.96. The van der Waals surface area contributed by atoms with Crippen molar-refractivity contribution in [2.75, 3.05) is 33.5 Å². The molecular weight excluding hydrogens is 328 g/mol. The van der Waals surface area contributed by atoms with Gasteiger partial charge in [0.2, 0.25) is 0 Å². The highest BCUT2D eigenvalue weighted by Crippen LogP contribution is 2.13. The summed E-state index contributed by atoms with van der Waals surface area (Å²) < 4.78 is 15.8. The van der Waals surface area contributed by atoms with E-state index in [0.29, 0.717) is 26.1 Å². The summed E-state index contributed by atoms with van der Waals surface area (Å²) in [5.74, 6) is -0.274. The van der Waals surface area contributed by atoms with Crippen molar-refractivity contribution >= 4 is 21.9 Å². The first-order valence-electron chi connectivity index (χ1n) is 6.97. The number of hydrogen-bond donors (Lipinski definition) is 1. The molecule has 0 aliphatic heterocycles. The number of rotatable bonds is 12. The van der Waals surface area contributed by atoms with Crippen LogP contribution in [0.1, 0.15) is 39.5 Å². The summed E-state index contributed by atoms with van der Waals surface area (Å²) >= 11 is 3.28. The summed E-state index contributed by atoms with van der Waals surface area (Å²) in [5, 5.41) is 8.66. The van der Waals surface area contributed by atoms with Gasteiger partial charge in [-0.3, -0.25) is 4.79 Å². The normalized spacial score (nSPS) is 13.2. The van der Waals surface area contributed by atoms with Gasteiger partial charge < -0.3 is 19.3 Å². The molecule has 0 spiro atoms. The van der Waals surface area contributed by atoms with Gasteiger partial charge in [-0.05, 0) is 39.5 Å². The Bertz CT molecular complexity index is 258. The molecule has 20 heavy (non-hydrogen) atoms. The molecule has 0 fully saturated rings. The predicted molar refractivity (Wildman–Crippen MR) is 81.1 cm³/mol. The maximum absolute atomic E-state index is 11.6. The van der Waals surface area contributed by atoms with E-state index in [9.17, 15) is 4.79 Å². The smallest absolute Gasteiger partial charge is 0.319 e. The average Bonchev–Trinajstić information content (AvgIpc) is 2.42. The number of carbonyl (C=O) groups excluding carboxylic acids is 1. The van der Waals surface area contributed by atoms with Gasteiger partial charge in [-0.1, -0.05) is 15.9 Å². The summed E-state index contributed by atoms with van der Waals surface area (Å²) in [4.78, 5) is 11.3. The van der Waals surface area contributed by atoms with E-state index in [1.54, 1.807) is 7.11 Å². The van der Waals surface area contributed by atoms with Crippen molar-refractivity contribution < 1.29 is 24.1 Å². The van der Waals surface area contributed by atoms with Crippen LogP contribution in [0.4, 0.5) is 0 Å². The molecule has 0 bridgehead atoms. The number of unbranched alkanes of at least 4 members (excludes halogenated alkanes) is 1. The number of ether oxygens (including phenoxy) is 3. The zero-order valence-electron chi connectivity index (χ0n) is 12.7. The molecule has 0 aromatic heterocycles. The third-order valence-corrected chi connectivity index (χ3v) is 3.83. The first-order chi connectivity index (χ1) is 9.43. The molecule has 0 rings (SSSR count). The van der Waals surface area contributed by atoms with Gasteiger partial charge in [-0.15, -0.1) is 0 Å². The van der Waals surface area contributed by atoms with E-state index in [2.05, 4.69) is 15.9 Å². The Morgan fingerprint density at radius 2 is 1.95 bits per heavy atom. The molecule has 0 heterocycles. The van der Waals surface area contributed by atoms with Crippen LogP contribution in [0, 0.1) is 0 Å². The average molecular weight is 355 g/mol. The van der Waals surface area contributed by atoms with Crippen LogP contribution < -0.4 is 0 Å². The number of hydrogen-bond acceptors (Lipinski definition) is 5. The first kappa shape index (κ1) is 19.8. The molecule has 0 aliphatic rings. The molecule has 0 aromatic carbocycles. The van der Waals surface area contributed by atoms with Gasteiger partial charge in [-0.2, -0.15) is 0 Å². The lowest BCUT2D eigenvalue weighted by Crippen LogP contribution is -2.25. The monoisotopic (exact) mass is 354 g/mol. The highest BCUT2D eigenvalue weighted by atomic mass is 79.9. The van der Waals surface area contributed by atoms with Gasteiger partial charge in [0.15, 0.2) is 0 Å². The third kappa shape index (κ3) is 10.6. The van der Waals surface area contributed by atoms with Crippen LogP contribution in [0.5, 0.6) is 0 Å². The summed E-state index contributed by atoms with van der Waals surface area (Å²) in [6, 6.07) is 0. The Kier molecular flexibility index (Phi) is 11.4. The predicted octanol–water partition coefficient (Wildman–Crippen LogP) is 2.29. The SMILES string of the molecule is COC(C)(C)CCOCCOC(=O)C(Br)CCCCO. The number of aliphatic hydroxyl groups excluding tert-OH is 1. The lowest BCUT2D eigenvalue weighted by Gasteiger charge is -2.22. The number of aliphatic hydroxyl groups is 1. The van der Waals surface area contributed by atoms with Crippen molar-refractivity contribution in [1.29, 1.82) is 0 Å². The van der Waals surface area contributed by atoms with Crippen LogP contribution in [0.15, 0.2) is 0 Å². The minimum absolute atomic E-state index is 0.153. The maximum atomic E-state index is 11.6. The molecule has 1 unspecified atom stereocenters. The molecule has 1 atom stereocenters. The van der Waals surface area contributed by atoms with Crippen LogP contribution in [0.3, 0.4) is 0 Å². The second-order valence-corrected chi connectivity index (χ2v) is 6.29. The van der Waals surface area contributed by atoms with Crippen molar-refractivity contribution in [3.8, 4) is 0 Å². The second-order valence-electron chi connectivity index (χ2n) is 5.18. The largest absolute Gasteiger partial charge is 0.462 e. The second kappa shape index (κ2) is 11.5. The summed E-state index contributed by atoms with van der Waals surface area (Å²) in [7, 11) is 1.68. The van der Waals surface area contributed by atoms with Gasteiger partial charge in [0, 0.05) is 20.3 Å². The number of alkyl halides is 1. The van der Waals surface area contributed by atoms with E-state index in [1.165, 1.54) is 0 Å². The maximum Gasteiger partial charge on any atom is 0.319 e. The van der Waals surface area contributed by atoms with Gasteiger partial charge >= 0.3 is 5.97 Å². The van der Waals surface area contributed by atoms with Crippen molar-refractivity contribution in [1.82, 2.24) is 0 Å². The van der Waals surface area contributed by atoms with Gasteiger partial charge in [0.05, 0.1) is 12.2 Å². The zero-order valence-corrected chi connectivity index (χ0v) is 14.3. The van der Waals surface area contributed by atoms with Gasteiger partial charge in [0.1, 0.15) is 11.4 Å². The van der Waals surface area contributed by atoms with E-state index in [1.807, 2.05) is 13.8 Å². The van der Waals surface area contributed by atoms with Crippen molar-refractivity contribution in [3.05, 3.63) is 0 Å². The Morgan fingerprint density at radius 3 is 2.55 bits per heavy atom. The zero-order chi connectivity index (χ0) is 15.4. The lowest BCUT2D eigenvalue weighted by atomic mass is 10.1. The molecule has 0 saturated carbocycles. The van der Waals surface area contributed by atoms with E-state index < -0.39 is 0 Å². The molecular formula is C14H27BrO5. The van der Waals surface area contributed by atoms with Crippen LogP contribution in [0.2, 0.25) is 0 Å². The van der Waals surface area contributed by atoms with E-state index in [4.69, 9.17) is 19.3 Å². The molecule has 1 N–H and O–H groups in total. The van der Waals surface area contributed by atoms with E-state index in [0.717, 1.165) is 12.8 Å². The summed E-state index contributed by atoms with van der Waals surface area (Å²) in [6.45, 7) is 5.37. The molecule has 5 nitrogen and oxygen atoms in total. The van der Waals surface area contributed by atoms with Crippen LogP contribution in [0.25, 0.3) is 0 Å². The van der Waals surface area contributed by atoms with Gasteiger partial charge in [-0.25, -0.2) is 0 Å². The molecule has 0 saturated heterocycles. The van der Waals surface area contributed by atoms with Gasteiger partial charge in [0.25, 0.3) is 0 Å². The fraction of sp³-hybridized carbons (Fsp3) is 0.929. The Balaban J connectivity index is 3.52. The highest BCUT2D eigenvalue weighted by Gasteiger charge is 2.17. The number of esters is 1. The minimum Gasteiger partial charge on any atom is -0.462 e. The highest BCUT2D eigenvalue weighted by molar-refractivity contribution is 9.10. The van der Waals surface area contributed by atoms with Crippen molar-refractivity contribution in [3.63, 3.8) is 0 Å². The van der Waals surface area contributed by atoms with Crippen LogP contribution in [-0.2, 0) is 19.0 Å². The number of methoxy groups -OCH3 is 1. The first-order valence-corrected chi connectivity index (χ1v) is 7.89. The molecule has 6 heteroatoms. The lowest BCUT2D eigenvalue weighted by molar-refractivity contribution is -0.144.